The van der Waals surface area contributed by atoms with Gasteiger partial charge in [-0.15, -0.1) is 11.3 Å². The first kappa shape index (κ1) is 14.3. The first-order valence-corrected chi connectivity index (χ1v) is 7.55. The van der Waals surface area contributed by atoms with Crippen molar-refractivity contribution in [1.29, 1.82) is 0 Å². The Balaban J connectivity index is 2.02. The number of hydrogen-bond donors (Lipinski definition) is 0. The molecule has 0 aromatic carbocycles. The van der Waals surface area contributed by atoms with Crippen LogP contribution < -0.4 is 0 Å². The van der Waals surface area contributed by atoms with Crippen molar-refractivity contribution in [3.8, 4) is 0 Å². The fourth-order valence-electron chi connectivity index (χ4n) is 2.69. The van der Waals surface area contributed by atoms with Crippen LogP contribution in [0.4, 0.5) is 0 Å². The van der Waals surface area contributed by atoms with E-state index in [1.165, 1.54) is 5.57 Å². The first-order valence-electron chi connectivity index (χ1n) is 6.61. The molecule has 2 atom stereocenters. The topological polar surface area (TPSA) is 33.2 Å². The van der Waals surface area contributed by atoms with Crippen molar-refractivity contribution in [1.82, 2.24) is 9.88 Å². The molecule has 2 rings (SSSR count). The molecule has 0 aliphatic heterocycles. The third-order valence-electron chi connectivity index (χ3n) is 3.95. The Labute approximate surface area is 119 Å². The lowest BCUT2D eigenvalue weighted by Crippen LogP contribution is -2.29. The Morgan fingerprint density at radius 2 is 2.21 bits per heavy atom. The Morgan fingerprint density at radius 3 is 2.74 bits per heavy atom. The highest BCUT2D eigenvalue weighted by molar-refractivity contribution is 7.07. The van der Waals surface area contributed by atoms with E-state index in [2.05, 4.69) is 38.8 Å². The predicted molar refractivity (Wildman–Crippen MR) is 78.8 cm³/mol. The van der Waals surface area contributed by atoms with Gasteiger partial charge in [-0.3, -0.25) is 4.79 Å². The summed E-state index contributed by atoms with van der Waals surface area (Å²) < 4.78 is 0. The summed E-state index contributed by atoms with van der Waals surface area (Å²) >= 11 is 1.57. The standard InChI is InChI=1S/C15H22N2OS/c1-10(2)6-12-13(15(12,3)4)14(18)17(5)7-11-8-19-9-16-11/h6,8-9,12-13H,7H2,1-5H3/t12-,13-/m0/s1. The Kier molecular flexibility index (Phi) is 3.81. The summed E-state index contributed by atoms with van der Waals surface area (Å²) in [5.74, 6) is 0.731. The van der Waals surface area contributed by atoms with E-state index in [1.807, 2.05) is 12.4 Å². The highest BCUT2D eigenvalue weighted by Crippen LogP contribution is 2.60. The van der Waals surface area contributed by atoms with Crippen LogP contribution in [0.25, 0.3) is 0 Å². The number of carbonyl (C=O) groups is 1. The molecule has 1 saturated carbocycles. The fourth-order valence-corrected chi connectivity index (χ4v) is 3.24. The van der Waals surface area contributed by atoms with Gasteiger partial charge in [-0.25, -0.2) is 4.98 Å². The smallest absolute Gasteiger partial charge is 0.226 e. The molecule has 3 nitrogen and oxygen atoms in total. The lowest BCUT2D eigenvalue weighted by molar-refractivity contribution is -0.132. The van der Waals surface area contributed by atoms with Crippen LogP contribution in [0.5, 0.6) is 0 Å². The van der Waals surface area contributed by atoms with Gasteiger partial charge in [0, 0.05) is 12.4 Å². The third kappa shape index (κ3) is 2.89. The second-order valence-electron chi connectivity index (χ2n) is 6.24. The van der Waals surface area contributed by atoms with E-state index in [-0.39, 0.29) is 17.2 Å². The molecule has 1 aromatic rings. The number of aromatic nitrogens is 1. The Bertz CT molecular complexity index is 486. The van der Waals surface area contributed by atoms with Crippen LogP contribution >= 0.6 is 11.3 Å². The molecule has 0 radical (unpaired) electrons. The van der Waals surface area contributed by atoms with Gasteiger partial charge < -0.3 is 4.90 Å². The fraction of sp³-hybridized carbons (Fsp3) is 0.600. The maximum absolute atomic E-state index is 12.5. The second-order valence-corrected chi connectivity index (χ2v) is 6.96. The van der Waals surface area contributed by atoms with E-state index in [9.17, 15) is 4.79 Å². The SMILES string of the molecule is CC(C)=C[C@H]1[C@@H](C(=O)N(C)Cc2cscn2)C1(C)C. The molecule has 19 heavy (non-hydrogen) atoms. The molecule has 4 heteroatoms. The first-order chi connectivity index (χ1) is 8.84. The molecule has 1 heterocycles. The largest absolute Gasteiger partial charge is 0.340 e. The van der Waals surface area contributed by atoms with Gasteiger partial charge in [0.25, 0.3) is 0 Å². The van der Waals surface area contributed by atoms with E-state index in [1.54, 1.807) is 21.7 Å². The van der Waals surface area contributed by atoms with Crippen LogP contribution in [0.1, 0.15) is 33.4 Å². The van der Waals surface area contributed by atoms with Crippen LogP contribution in [0.3, 0.4) is 0 Å². The summed E-state index contributed by atoms with van der Waals surface area (Å²) in [4.78, 5) is 18.6. The maximum Gasteiger partial charge on any atom is 0.226 e. The Hall–Kier alpha value is -1.16. The van der Waals surface area contributed by atoms with E-state index in [4.69, 9.17) is 0 Å². The molecule has 1 amide bonds. The summed E-state index contributed by atoms with van der Waals surface area (Å²) in [5.41, 5.74) is 4.15. The van der Waals surface area contributed by atoms with Crippen molar-refractivity contribution in [2.24, 2.45) is 17.3 Å². The number of nitrogens with zero attached hydrogens (tertiary/aromatic N) is 2. The van der Waals surface area contributed by atoms with Crippen LogP contribution in [0.15, 0.2) is 22.5 Å². The van der Waals surface area contributed by atoms with Crippen molar-refractivity contribution < 1.29 is 4.79 Å². The van der Waals surface area contributed by atoms with Crippen molar-refractivity contribution in [3.05, 3.63) is 28.2 Å². The van der Waals surface area contributed by atoms with Crippen molar-refractivity contribution >= 4 is 17.2 Å². The number of hydrogen-bond acceptors (Lipinski definition) is 3. The molecule has 1 aromatic heterocycles. The minimum Gasteiger partial charge on any atom is -0.340 e. The molecule has 1 aliphatic rings. The molecule has 0 saturated heterocycles. The van der Waals surface area contributed by atoms with Crippen molar-refractivity contribution in [3.63, 3.8) is 0 Å². The quantitative estimate of drug-likeness (QED) is 0.791. The van der Waals surface area contributed by atoms with E-state index < -0.39 is 0 Å². The highest BCUT2D eigenvalue weighted by atomic mass is 32.1. The summed E-state index contributed by atoms with van der Waals surface area (Å²) in [6, 6.07) is 0. The van der Waals surface area contributed by atoms with Crippen LogP contribution in [0, 0.1) is 17.3 Å². The lowest BCUT2D eigenvalue weighted by Gasteiger charge is -2.16. The molecule has 104 valence electrons. The zero-order valence-electron chi connectivity index (χ0n) is 12.3. The summed E-state index contributed by atoms with van der Waals surface area (Å²) in [5, 5.41) is 2.00. The zero-order valence-corrected chi connectivity index (χ0v) is 13.1. The number of rotatable bonds is 4. The summed E-state index contributed by atoms with van der Waals surface area (Å²) in [6.45, 7) is 9.15. The van der Waals surface area contributed by atoms with Crippen LogP contribution in [-0.4, -0.2) is 22.8 Å². The number of amides is 1. The van der Waals surface area contributed by atoms with Crippen molar-refractivity contribution in [2.75, 3.05) is 7.05 Å². The second kappa shape index (κ2) is 5.08. The summed E-state index contributed by atoms with van der Waals surface area (Å²) in [6.07, 6.45) is 2.24. The molecule has 1 aliphatic carbocycles. The normalized spacial score (nSPS) is 23.8. The minimum atomic E-state index is 0.0880. The number of carbonyl (C=O) groups excluding carboxylic acids is 1. The number of allylic oxidation sites excluding steroid dienone is 2. The van der Waals surface area contributed by atoms with Crippen LogP contribution in [0.2, 0.25) is 0 Å². The summed E-state index contributed by atoms with van der Waals surface area (Å²) in [7, 11) is 1.87. The average Bonchev–Trinajstić information content (AvgIpc) is 2.69. The number of thiazole rings is 1. The minimum absolute atomic E-state index is 0.0880. The lowest BCUT2D eigenvalue weighted by atomic mass is 10.1. The van der Waals surface area contributed by atoms with Gasteiger partial charge >= 0.3 is 0 Å². The van der Waals surface area contributed by atoms with E-state index >= 15 is 0 Å². The molecular weight excluding hydrogens is 256 g/mol. The monoisotopic (exact) mass is 278 g/mol. The van der Waals surface area contributed by atoms with Gasteiger partial charge in [-0.05, 0) is 25.2 Å². The van der Waals surface area contributed by atoms with Crippen LogP contribution in [-0.2, 0) is 11.3 Å². The van der Waals surface area contributed by atoms with Gasteiger partial charge in [-0.1, -0.05) is 25.5 Å². The van der Waals surface area contributed by atoms with E-state index in [0.29, 0.717) is 12.5 Å². The van der Waals surface area contributed by atoms with Gasteiger partial charge in [-0.2, -0.15) is 0 Å². The molecular formula is C15H22N2OS. The molecule has 0 unspecified atom stereocenters. The molecule has 1 fully saturated rings. The van der Waals surface area contributed by atoms with Gasteiger partial charge in [0.15, 0.2) is 0 Å². The molecule has 0 bridgehead atoms. The van der Waals surface area contributed by atoms with Gasteiger partial charge in [0.05, 0.1) is 23.7 Å². The highest BCUT2D eigenvalue weighted by Gasteiger charge is 2.60. The van der Waals surface area contributed by atoms with Gasteiger partial charge in [0.1, 0.15) is 0 Å². The molecule has 0 N–H and O–H groups in total. The third-order valence-corrected chi connectivity index (χ3v) is 4.58. The molecule has 0 spiro atoms. The van der Waals surface area contributed by atoms with Gasteiger partial charge in [0.2, 0.25) is 5.91 Å². The predicted octanol–water partition coefficient (Wildman–Crippen LogP) is 3.34. The Morgan fingerprint density at radius 1 is 1.53 bits per heavy atom. The average molecular weight is 278 g/mol. The van der Waals surface area contributed by atoms with E-state index in [0.717, 1.165) is 5.69 Å². The maximum atomic E-state index is 12.5. The zero-order chi connectivity index (χ0) is 14.2. The van der Waals surface area contributed by atoms with Crippen molar-refractivity contribution in [2.45, 2.75) is 34.2 Å².